The maximum absolute atomic E-state index is 12.6. The fraction of sp³-hybridized carbons (Fsp3) is 0.300. The number of methoxy groups -OCH3 is 1. The van der Waals surface area contributed by atoms with Crippen LogP contribution in [0.4, 0.5) is 4.79 Å². The lowest BCUT2D eigenvalue weighted by Crippen LogP contribution is -2.39. The van der Waals surface area contributed by atoms with E-state index in [4.69, 9.17) is 9.84 Å². The summed E-state index contributed by atoms with van der Waals surface area (Å²) in [6.45, 7) is 1.09. The van der Waals surface area contributed by atoms with Crippen molar-refractivity contribution >= 4 is 12.0 Å². The molecule has 2 N–H and O–H groups in total. The number of ether oxygens (including phenoxy) is 1. The van der Waals surface area contributed by atoms with Crippen molar-refractivity contribution in [2.24, 2.45) is 0 Å². The van der Waals surface area contributed by atoms with E-state index in [1.54, 1.807) is 31.4 Å². The fourth-order valence-electron chi connectivity index (χ4n) is 3.23. The molecular formula is C20H22N2O4. The van der Waals surface area contributed by atoms with Gasteiger partial charge in [-0.2, -0.15) is 0 Å². The number of carbonyl (C=O) groups is 2. The van der Waals surface area contributed by atoms with E-state index in [0.717, 1.165) is 36.3 Å². The van der Waals surface area contributed by atoms with Gasteiger partial charge in [0.2, 0.25) is 0 Å². The average Bonchev–Trinajstić information content (AvgIpc) is 3.16. The van der Waals surface area contributed by atoms with Crippen molar-refractivity contribution in [2.45, 2.75) is 25.4 Å². The van der Waals surface area contributed by atoms with Gasteiger partial charge in [0.05, 0.1) is 18.7 Å². The first-order chi connectivity index (χ1) is 12.6. The van der Waals surface area contributed by atoms with Crippen LogP contribution in [0, 0.1) is 0 Å². The largest absolute Gasteiger partial charge is 0.497 e. The molecule has 1 heterocycles. The van der Waals surface area contributed by atoms with E-state index >= 15 is 0 Å². The molecule has 2 amide bonds. The highest BCUT2D eigenvalue weighted by atomic mass is 16.5. The van der Waals surface area contributed by atoms with E-state index in [-0.39, 0.29) is 17.6 Å². The number of benzene rings is 2. The number of rotatable bonds is 5. The van der Waals surface area contributed by atoms with Crippen LogP contribution in [0.2, 0.25) is 0 Å². The molecule has 2 aromatic rings. The minimum atomic E-state index is -0.958. The summed E-state index contributed by atoms with van der Waals surface area (Å²) >= 11 is 0. The van der Waals surface area contributed by atoms with Gasteiger partial charge in [-0.1, -0.05) is 24.3 Å². The molecule has 6 nitrogen and oxygen atoms in total. The van der Waals surface area contributed by atoms with Crippen LogP contribution in [0.1, 0.15) is 40.4 Å². The second kappa shape index (κ2) is 7.91. The van der Waals surface area contributed by atoms with Gasteiger partial charge in [0, 0.05) is 13.1 Å². The minimum Gasteiger partial charge on any atom is -0.497 e. The second-order valence-corrected chi connectivity index (χ2v) is 6.29. The maximum atomic E-state index is 12.6. The van der Waals surface area contributed by atoms with Crippen LogP contribution in [-0.4, -0.2) is 35.7 Å². The summed E-state index contributed by atoms with van der Waals surface area (Å²) in [5.41, 5.74) is 2.20. The van der Waals surface area contributed by atoms with E-state index in [2.05, 4.69) is 5.32 Å². The standard InChI is InChI=1S/C20H22N2O4/c1-26-17-10-8-15(9-11-17)18-3-2-12-22(18)20(25)21-13-14-4-6-16(7-5-14)19(23)24/h4-11,18H,2-3,12-13H2,1H3,(H,21,25)(H,23,24). The quantitative estimate of drug-likeness (QED) is 0.862. The highest BCUT2D eigenvalue weighted by Gasteiger charge is 2.29. The van der Waals surface area contributed by atoms with Gasteiger partial charge in [-0.05, 0) is 48.2 Å². The molecule has 3 rings (SSSR count). The Labute approximate surface area is 152 Å². The first-order valence-corrected chi connectivity index (χ1v) is 8.59. The zero-order valence-electron chi connectivity index (χ0n) is 14.6. The van der Waals surface area contributed by atoms with Crippen molar-refractivity contribution in [1.29, 1.82) is 0 Å². The molecule has 2 aromatic carbocycles. The molecular weight excluding hydrogens is 332 g/mol. The third kappa shape index (κ3) is 3.96. The lowest BCUT2D eigenvalue weighted by molar-refractivity contribution is 0.0697. The summed E-state index contributed by atoms with van der Waals surface area (Å²) in [4.78, 5) is 25.3. The Bertz CT molecular complexity index is 771. The molecule has 0 bridgehead atoms. The van der Waals surface area contributed by atoms with Gasteiger partial charge < -0.3 is 20.1 Å². The molecule has 1 atom stereocenters. The molecule has 26 heavy (non-hydrogen) atoms. The van der Waals surface area contributed by atoms with Gasteiger partial charge in [0.15, 0.2) is 0 Å². The Morgan fingerprint density at radius 3 is 2.46 bits per heavy atom. The SMILES string of the molecule is COc1ccc(C2CCCN2C(=O)NCc2ccc(C(=O)O)cc2)cc1. The Kier molecular flexibility index (Phi) is 5.41. The topological polar surface area (TPSA) is 78.9 Å². The molecule has 1 aliphatic heterocycles. The smallest absolute Gasteiger partial charge is 0.335 e. The van der Waals surface area contributed by atoms with Crippen LogP contribution in [0.15, 0.2) is 48.5 Å². The number of hydrogen-bond donors (Lipinski definition) is 2. The molecule has 1 unspecified atom stereocenters. The highest BCUT2D eigenvalue weighted by Crippen LogP contribution is 2.32. The molecule has 0 spiro atoms. The predicted octanol–water partition coefficient (Wildman–Crippen LogP) is 3.44. The Hall–Kier alpha value is -3.02. The van der Waals surface area contributed by atoms with Crippen LogP contribution in [-0.2, 0) is 6.54 Å². The summed E-state index contributed by atoms with van der Waals surface area (Å²) < 4.78 is 5.19. The number of carbonyl (C=O) groups excluding carboxylic acids is 1. The Balaban J connectivity index is 1.61. The normalized spacial score (nSPS) is 16.3. The van der Waals surface area contributed by atoms with Gasteiger partial charge in [-0.25, -0.2) is 9.59 Å². The summed E-state index contributed by atoms with van der Waals surface area (Å²) in [5, 5.41) is 11.9. The Morgan fingerprint density at radius 2 is 1.85 bits per heavy atom. The monoisotopic (exact) mass is 354 g/mol. The third-order valence-corrected chi connectivity index (χ3v) is 4.66. The fourth-order valence-corrected chi connectivity index (χ4v) is 3.23. The second-order valence-electron chi connectivity index (χ2n) is 6.29. The number of nitrogens with one attached hydrogen (secondary N) is 1. The van der Waals surface area contributed by atoms with Crippen molar-refractivity contribution in [2.75, 3.05) is 13.7 Å². The van der Waals surface area contributed by atoms with Gasteiger partial charge in [0.25, 0.3) is 0 Å². The number of carboxylic acids is 1. The molecule has 0 aromatic heterocycles. The van der Waals surface area contributed by atoms with Crippen molar-refractivity contribution in [3.63, 3.8) is 0 Å². The first-order valence-electron chi connectivity index (χ1n) is 8.59. The number of hydrogen-bond acceptors (Lipinski definition) is 3. The molecule has 1 saturated heterocycles. The van der Waals surface area contributed by atoms with Crippen LogP contribution >= 0.6 is 0 Å². The van der Waals surface area contributed by atoms with E-state index < -0.39 is 5.97 Å². The number of amides is 2. The maximum Gasteiger partial charge on any atom is 0.335 e. The summed E-state index contributed by atoms with van der Waals surface area (Å²) in [5.74, 6) is -0.160. The molecule has 1 aliphatic rings. The zero-order chi connectivity index (χ0) is 18.5. The number of carboxylic acid groups (broad SMARTS) is 1. The van der Waals surface area contributed by atoms with Crippen molar-refractivity contribution in [3.8, 4) is 5.75 Å². The summed E-state index contributed by atoms with van der Waals surface area (Å²) in [6.07, 6.45) is 1.91. The molecule has 0 radical (unpaired) electrons. The number of nitrogens with zero attached hydrogens (tertiary/aromatic N) is 1. The first kappa shape index (κ1) is 17.8. The van der Waals surface area contributed by atoms with Gasteiger partial charge >= 0.3 is 12.0 Å². The average molecular weight is 354 g/mol. The lowest BCUT2D eigenvalue weighted by Gasteiger charge is -2.25. The van der Waals surface area contributed by atoms with E-state index in [1.807, 2.05) is 29.2 Å². The number of urea groups is 1. The zero-order valence-corrected chi connectivity index (χ0v) is 14.6. The number of likely N-dealkylation sites (tertiary alicyclic amines) is 1. The van der Waals surface area contributed by atoms with Crippen molar-refractivity contribution < 1.29 is 19.4 Å². The minimum absolute atomic E-state index is 0.0651. The lowest BCUT2D eigenvalue weighted by atomic mass is 10.0. The molecule has 0 saturated carbocycles. The van der Waals surface area contributed by atoms with Crippen molar-refractivity contribution in [1.82, 2.24) is 10.2 Å². The highest BCUT2D eigenvalue weighted by molar-refractivity contribution is 5.87. The van der Waals surface area contributed by atoms with Crippen molar-refractivity contribution in [3.05, 3.63) is 65.2 Å². The van der Waals surface area contributed by atoms with Crippen LogP contribution in [0.3, 0.4) is 0 Å². The van der Waals surface area contributed by atoms with Gasteiger partial charge in [-0.3, -0.25) is 0 Å². The van der Waals surface area contributed by atoms with Crippen LogP contribution in [0.5, 0.6) is 5.75 Å². The molecule has 136 valence electrons. The molecule has 6 heteroatoms. The van der Waals surface area contributed by atoms with Crippen LogP contribution in [0.25, 0.3) is 0 Å². The third-order valence-electron chi connectivity index (χ3n) is 4.66. The van der Waals surface area contributed by atoms with E-state index in [1.165, 1.54) is 0 Å². The summed E-state index contributed by atoms with van der Waals surface area (Å²) in [7, 11) is 1.63. The number of aromatic carboxylic acids is 1. The predicted molar refractivity (Wildman–Crippen MR) is 97.3 cm³/mol. The Morgan fingerprint density at radius 1 is 1.15 bits per heavy atom. The molecule has 0 aliphatic carbocycles. The van der Waals surface area contributed by atoms with Gasteiger partial charge in [0.1, 0.15) is 5.75 Å². The van der Waals surface area contributed by atoms with Crippen LogP contribution < -0.4 is 10.1 Å². The summed E-state index contributed by atoms with van der Waals surface area (Å²) in [6, 6.07) is 14.3. The van der Waals surface area contributed by atoms with E-state index in [0.29, 0.717) is 6.54 Å². The van der Waals surface area contributed by atoms with Gasteiger partial charge in [-0.15, -0.1) is 0 Å². The van der Waals surface area contributed by atoms with E-state index in [9.17, 15) is 9.59 Å². The molecule has 1 fully saturated rings.